The number of nitrogens with one attached hydrogen (secondary N) is 1. The third kappa shape index (κ3) is 3.67. The minimum Gasteiger partial charge on any atom is -0.321 e. The molecule has 0 fully saturated rings. The van der Waals surface area contributed by atoms with Gasteiger partial charge in [0, 0.05) is 10.6 Å². The van der Waals surface area contributed by atoms with Crippen LogP contribution in [-0.4, -0.2) is 11.7 Å². The van der Waals surface area contributed by atoms with Crippen molar-refractivity contribution in [1.82, 2.24) is 0 Å². The Morgan fingerprint density at radius 1 is 1.10 bits per heavy atom. The number of aryl methyl sites for hydroxylation is 2. The minimum atomic E-state index is -0.0319. The van der Waals surface area contributed by atoms with Crippen LogP contribution in [0.15, 0.2) is 47.4 Å². The monoisotopic (exact) mass is 299 g/mol. The Morgan fingerprint density at radius 2 is 1.86 bits per heavy atom. The third-order valence-corrected chi connectivity index (χ3v) is 4.37. The van der Waals surface area contributed by atoms with Crippen molar-refractivity contribution in [2.24, 2.45) is 0 Å². The van der Waals surface area contributed by atoms with E-state index in [-0.39, 0.29) is 5.91 Å². The van der Waals surface area contributed by atoms with Gasteiger partial charge in [-0.2, -0.15) is 0 Å². The van der Waals surface area contributed by atoms with Crippen molar-refractivity contribution in [3.8, 4) is 0 Å². The highest BCUT2D eigenvalue weighted by atomic mass is 32.2. The fourth-order valence-corrected chi connectivity index (χ4v) is 3.12. The second-order valence-corrected chi connectivity index (χ2v) is 6.15. The summed E-state index contributed by atoms with van der Waals surface area (Å²) in [5.41, 5.74) is 3.96. The van der Waals surface area contributed by atoms with Crippen molar-refractivity contribution in [1.29, 1.82) is 0 Å². The van der Waals surface area contributed by atoms with Gasteiger partial charge in [0.25, 0.3) is 5.91 Å². The highest BCUT2D eigenvalue weighted by Crippen LogP contribution is 2.25. The van der Waals surface area contributed by atoms with Gasteiger partial charge in [0.1, 0.15) is 0 Å². The highest BCUT2D eigenvalue weighted by Gasteiger charge is 2.13. The highest BCUT2D eigenvalue weighted by molar-refractivity contribution is 7.99. The molecule has 110 valence electrons. The van der Waals surface area contributed by atoms with Crippen molar-refractivity contribution in [2.45, 2.75) is 32.1 Å². The number of hydrogen-bond donors (Lipinski definition) is 1. The van der Waals surface area contributed by atoms with Gasteiger partial charge < -0.3 is 5.32 Å². The minimum absolute atomic E-state index is 0.0319. The van der Waals surface area contributed by atoms with E-state index in [1.807, 2.05) is 43.3 Å². The lowest BCUT2D eigenvalue weighted by Crippen LogP contribution is -2.15. The lowest BCUT2D eigenvalue weighted by molar-refractivity contribution is 0.102. The SMILES string of the molecule is CCSc1ccccc1C(=O)Nc1c(C)cccc1CC. The van der Waals surface area contributed by atoms with E-state index in [0.29, 0.717) is 0 Å². The Labute approximate surface area is 131 Å². The molecule has 0 spiro atoms. The van der Waals surface area contributed by atoms with Crippen LogP contribution < -0.4 is 5.32 Å². The summed E-state index contributed by atoms with van der Waals surface area (Å²) in [6.07, 6.45) is 0.905. The van der Waals surface area contributed by atoms with E-state index in [1.165, 1.54) is 5.56 Å². The summed E-state index contributed by atoms with van der Waals surface area (Å²) >= 11 is 1.69. The molecular formula is C18H21NOS. The molecule has 0 bridgehead atoms. The molecule has 0 unspecified atom stereocenters. The molecule has 2 nitrogen and oxygen atoms in total. The predicted molar refractivity (Wildman–Crippen MR) is 91.4 cm³/mol. The van der Waals surface area contributed by atoms with Gasteiger partial charge in [-0.1, -0.05) is 44.2 Å². The maximum Gasteiger partial charge on any atom is 0.256 e. The quantitative estimate of drug-likeness (QED) is 0.794. The van der Waals surface area contributed by atoms with E-state index < -0.39 is 0 Å². The summed E-state index contributed by atoms with van der Waals surface area (Å²) in [6.45, 7) is 6.22. The van der Waals surface area contributed by atoms with Crippen molar-refractivity contribution < 1.29 is 4.79 Å². The molecule has 0 aromatic heterocycles. The number of para-hydroxylation sites is 1. The fourth-order valence-electron chi connectivity index (χ4n) is 2.32. The lowest BCUT2D eigenvalue weighted by atomic mass is 10.1. The zero-order valence-electron chi connectivity index (χ0n) is 12.8. The van der Waals surface area contributed by atoms with E-state index >= 15 is 0 Å². The molecular weight excluding hydrogens is 278 g/mol. The van der Waals surface area contributed by atoms with Crippen molar-refractivity contribution >= 4 is 23.4 Å². The van der Waals surface area contributed by atoms with Crippen LogP contribution >= 0.6 is 11.8 Å². The van der Waals surface area contributed by atoms with Crippen LogP contribution in [0, 0.1) is 6.92 Å². The molecule has 2 rings (SSSR count). The normalized spacial score (nSPS) is 10.4. The topological polar surface area (TPSA) is 29.1 Å². The maximum atomic E-state index is 12.6. The molecule has 0 aliphatic carbocycles. The molecule has 0 radical (unpaired) electrons. The number of thioether (sulfide) groups is 1. The van der Waals surface area contributed by atoms with Crippen LogP contribution in [0.25, 0.3) is 0 Å². The molecule has 0 aliphatic heterocycles. The van der Waals surface area contributed by atoms with Crippen molar-refractivity contribution in [2.75, 3.05) is 11.1 Å². The summed E-state index contributed by atoms with van der Waals surface area (Å²) < 4.78 is 0. The van der Waals surface area contributed by atoms with Crippen LogP contribution in [0.3, 0.4) is 0 Å². The second kappa shape index (κ2) is 7.32. The predicted octanol–water partition coefficient (Wildman–Crippen LogP) is 4.92. The van der Waals surface area contributed by atoms with Gasteiger partial charge in [-0.3, -0.25) is 4.79 Å². The van der Waals surface area contributed by atoms with E-state index in [4.69, 9.17) is 0 Å². The maximum absolute atomic E-state index is 12.6. The Hall–Kier alpha value is -1.74. The van der Waals surface area contributed by atoms with Crippen LogP contribution in [0.1, 0.15) is 35.3 Å². The van der Waals surface area contributed by atoms with E-state index in [1.54, 1.807) is 11.8 Å². The number of carbonyl (C=O) groups excluding carboxylic acids is 1. The van der Waals surface area contributed by atoms with Crippen LogP contribution in [0.5, 0.6) is 0 Å². The molecule has 1 amide bonds. The second-order valence-electron chi connectivity index (χ2n) is 4.85. The molecule has 21 heavy (non-hydrogen) atoms. The number of hydrogen-bond acceptors (Lipinski definition) is 2. The molecule has 0 aliphatic rings. The average Bonchev–Trinajstić information content (AvgIpc) is 2.50. The number of carbonyl (C=O) groups is 1. The number of amides is 1. The van der Waals surface area contributed by atoms with Crippen LogP contribution in [-0.2, 0) is 6.42 Å². The fraction of sp³-hybridized carbons (Fsp3) is 0.278. The molecule has 3 heteroatoms. The summed E-state index contributed by atoms with van der Waals surface area (Å²) in [7, 11) is 0. The van der Waals surface area contributed by atoms with Crippen LogP contribution in [0.2, 0.25) is 0 Å². The Morgan fingerprint density at radius 3 is 2.57 bits per heavy atom. The summed E-state index contributed by atoms with van der Waals surface area (Å²) in [5.74, 6) is 0.921. The van der Waals surface area contributed by atoms with Gasteiger partial charge in [-0.05, 0) is 42.4 Å². The molecule has 1 N–H and O–H groups in total. The average molecular weight is 299 g/mol. The number of rotatable bonds is 5. The first-order valence-corrected chi connectivity index (χ1v) is 8.27. The molecule has 0 saturated carbocycles. The lowest BCUT2D eigenvalue weighted by Gasteiger charge is -2.14. The Balaban J connectivity index is 2.31. The molecule has 2 aromatic rings. The third-order valence-electron chi connectivity index (χ3n) is 3.41. The molecule has 0 heterocycles. The molecule has 2 aromatic carbocycles. The van der Waals surface area contributed by atoms with Gasteiger partial charge in [-0.25, -0.2) is 0 Å². The Bertz CT molecular complexity index is 637. The van der Waals surface area contributed by atoms with Crippen LogP contribution in [0.4, 0.5) is 5.69 Å². The number of anilines is 1. The Kier molecular flexibility index (Phi) is 5.45. The van der Waals surface area contributed by atoms with Gasteiger partial charge in [0.15, 0.2) is 0 Å². The van der Waals surface area contributed by atoms with E-state index in [9.17, 15) is 4.79 Å². The smallest absolute Gasteiger partial charge is 0.256 e. The van der Waals surface area contributed by atoms with Crippen molar-refractivity contribution in [3.05, 3.63) is 59.2 Å². The first-order valence-electron chi connectivity index (χ1n) is 7.29. The van der Waals surface area contributed by atoms with E-state index in [2.05, 4.69) is 25.2 Å². The standard InChI is InChI=1S/C18H21NOS/c1-4-14-10-8-9-13(3)17(14)19-18(20)15-11-6-7-12-16(15)21-5-2/h6-12H,4-5H2,1-3H3,(H,19,20). The zero-order valence-corrected chi connectivity index (χ0v) is 13.6. The summed E-state index contributed by atoms with van der Waals surface area (Å²) in [6, 6.07) is 13.9. The first kappa shape index (κ1) is 15.6. The van der Waals surface area contributed by atoms with Crippen molar-refractivity contribution in [3.63, 3.8) is 0 Å². The molecule has 0 atom stereocenters. The summed E-state index contributed by atoms with van der Waals surface area (Å²) in [4.78, 5) is 13.6. The zero-order chi connectivity index (χ0) is 15.2. The van der Waals surface area contributed by atoms with Gasteiger partial charge in [-0.15, -0.1) is 11.8 Å². The number of benzene rings is 2. The van der Waals surface area contributed by atoms with E-state index in [0.717, 1.165) is 33.9 Å². The largest absolute Gasteiger partial charge is 0.321 e. The molecule has 0 saturated heterocycles. The van der Waals surface area contributed by atoms with Gasteiger partial charge >= 0.3 is 0 Å². The van der Waals surface area contributed by atoms with Gasteiger partial charge in [0.2, 0.25) is 0 Å². The summed E-state index contributed by atoms with van der Waals surface area (Å²) in [5, 5.41) is 3.09. The van der Waals surface area contributed by atoms with Gasteiger partial charge in [0.05, 0.1) is 5.56 Å². The first-order chi connectivity index (χ1) is 10.2.